The van der Waals surface area contributed by atoms with Gasteiger partial charge >= 0.3 is 0 Å². The molecule has 10 heavy (non-hydrogen) atoms. The average Bonchev–Trinajstić information content (AvgIpc) is 1.98. The summed E-state index contributed by atoms with van der Waals surface area (Å²) in [7, 11) is 0. The van der Waals surface area contributed by atoms with Crippen LogP contribution >= 0.6 is 0 Å². The van der Waals surface area contributed by atoms with Gasteiger partial charge in [-0.15, -0.1) is 0 Å². The molecule has 0 aliphatic carbocycles. The molecule has 0 radical (unpaired) electrons. The van der Waals surface area contributed by atoms with Crippen LogP contribution in [0.4, 0.5) is 0 Å². The highest BCUT2D eigenvalue weighted by Gasteiger charge is 2.01. The van der Waals surface area contributed by atoms with E-state index in [2.05, 4.69) is 0 Å². The Morgan fingerprint density at radius 2 is 2.10 bits per heavy atom. The predicted octanol–water partition coefficient (Wildman–Crippen LogP) is 2.31. The van der Waals surface area contributed by atoms with Gasteiger partial charge in [0, 0.05) is 13.0 Å². The molecule has 0 fully saturated rings. The third-order valence-corrected chi connectivity index (χ3v) is 1.05. The van der Waals surface area contributed by atoms with E-state index in [1.807, 2.05) is 26.8 Å². The highest BCUT2D eigenvalue weighted by atomic mass is 16.7. The summed E-state index contributed by atoms with van der Waals surface area (Å²) >= 11 is 0. The number of hydrogen-bond donors (Lipinski definition) is 0. The van der Waals surface area contributed by atoms with E-state index in [-0.39, 0.29) is 6.29 Å². The van der Waals surface area contributed by atoms with Crippen LogP contribution in [0.2, 0.25) is 0 Å². The summed E-state index contributed by atoms with van der Waals surface area (Å²) in [4.78, 5) is 0. The van der Waals surface area contributed by atoms with E-state index in [9.17, 15) is 0 Å². The Bertz CT molecular complexity index is 89.3. The van der Waals surface area contributed by atoms with Crippen molar-refractivity contribution in [3.05, 3.63) is 12.3 Å². The van der Waals surface area contributed by atoms with Crippen LogP contribution in [0.5, 0.6) is 0 Å². The summed E-state index contributed by atoms with van der Waals surface area (Å²) in [6, 6.07) is 0. The van der Waals surface area contributed by atoms with Crippen molar-refractivity contribution in [3.8, 4) is 0 Å². The van der Waals surface area contributed by atoms with Crippen molar-refractivity contribution in [2.45, 2.75) is 33.5 Å². The van der Waals surface area contributed by atoms with E-state index in [0.29, 0.717) is 6.61 Å². The van der Waals surface area contributed by atoms with Crippen molar-refractivity contribution in [1.82, 2.24) is 0 Å². The van der Waals surface area contributed by atoms with Crippen LogP contribution in [-0.2, 0) is 9.47 Å². The van der Waals surface area contributed by atoms with Crippen molar-refractivity contribution < 1.29 is 9.47 Å². The topological polar surface area (TPSA) is 18.5 Å². The van der Waals surface area contributed by atoms with Gasteiger partial charge in [-0.2, -0.15) is 0 Å². The fourth-order valence-electron chi connectivity index (χ4n) is 0.605. The molecule has 0 bridgehead atoms. The number of allylic oxidation sites excluding steroid dienone is 1. The zero-order valence-electron chi connectivity index (χ0n) is 6.96. The van der Waals surface area contributed by atoms with Gasteiger partial charge in [0.2, 0.25) is 0 Å². The molecular formula is C8H16O2. The summed E-state index contributed by atoms with van der Waals surface area (Å²) in [5.41, 5.74) is 0. The van der Waals surface area contributed by atoms with Gasteiger partial charge in [-0.25, -0.2) is 0 Å². The summed E-state index contributed by atoms with van der Waals surface area (Å²) in [5.74, 6) is 0. The zero-order valence-corrected chi connectivity index (χ0v) is 6.96. The molecule has 0 aromatic heterocycles. The maximum absolute atomic E-state index is 5.22. The minimum absolute atomic E-state index is 0.0683. The third-order valence-electron chi connectivity index (χ3n) is 1.05. The molecule has 0 spiro atoms. The van der Waals surface area contributed by atoms with Crippen LogP contribution < -0.4 is 0 Å². The van der Waals surface area contributed by atoms with Crippen molar-refractivity contribution in [2.75, 3.05) is 6.61 Å². The predicted molar refractivity (Wildman–Crippen MR) is 41.6 cm³/mol. The molecule has 0 aromatic rings. The van der Waals surface area contributed by atoms with E-state index in [0.717, 1.165) is 6.42 Å². The number of rotatable bonds is 5. The van der Waals surface area contributed by atoms with Crippen LogP contribution in [0, 0.1) is 0 Å². The highest BCUT2D eigenvalue weighted by Crippen LogP contribution is 1.99. The van der Waals surface area contributed by atoms with E-state index in [1.165, 1.54) is 0 Å². The van der Waals surface area contributed by atoms with Gasteiger partial charge in [0.05, 0.1) is 6.26 Å². The van der Waals surface area contributed by atoms with Crippen molar-refractivity contribution in [2.24, 2.45) is 0 Å². The monoisotopic (exact) mass is 144 g/mol. The van der Waals surface area contributed by atoms with Crippen molar-refractivity contribution in [3.63, 3.8) is 0 Å². The van der Waals surface area contributed by atoms with Crippen molar-refractivity contribution in [1.29, 1.82) is 0 Å². The first-order valence-electron chi connectivity index (χ1n) is 3.73. The maximum Gasteiger partial charge on any atom is 0.198 e. The van der Waals surface area contributed by atoms with Crippen LogP contribution in [0.3, 0.4) is 0 Å². The number of hydrogen-bond acceptors (Lipinski definition) is 2. The molecule has 0 aliphatic heterocycles. The Kier molecular flexibility index (Phi) is 6.29. The van der Waals surface area contributed by atoms with Gasteiger partial charge in [-0.3, -0.25) is 0 Å². The van der Waals surface area contributed by atoms with Gasteiger partial charge in [-0.05, 0) is 13.8 Å². The molecule has 0 N–H and O–H groups in total. The quantitative estimate of drug-likeness (QED) is 0.435. The lowest BCUT2D eigenvalue weighted by Crippen LogP contribution is -2.12. The molecule has 0 amide bonds. The SMILES string of the molecule is C/C=C/OC(CC)OCC. The van der Waals surface area contributed by atoms with Gasteiger partial charge in [0.25, 0.3) is 0 Å². The fourth-order valence-corrected chi connectivity index (χ4v) is 0.605. The Morgan fingerprint density at radius 3 is 2.50 bits per heavy atom. The summed E-state index contributed by atoms with van der Waals surface area (Å²) in [5, 5.41) is 0. The summed E-state index contributed by atoms with van der Waals surface area (Å²) in [6.07, 6.45) is 4.32. The Labute approximate surface area is 62.8 Å². The van der Waals surface area contributed by atoms with Gasteiger partial charge in [0.1, 0.15) is 0 Å². The normalized spacial score (nSPS) is 13.9. The van der Waals surface area contributed by atoms with Crippen LogP contribution in [0.25, 0.3) is 0 Å². The lowest BCUT2D eigenvalue weighted by molar-refractivity contribution is -0.103. The third kappa shape index (κ3) is 4.39. The molecule has 1 atom stereocenters. The lowest BCUT2D eigenvalue weighted by atomic mass is 10.5. The zero-order chi connectivity index (χ0) is 7.82. The summed E-state index contributed by atoms with van der Waals surface area (Å²) < 4.78 is 10.4. The summed E-state index contributed by atoms with van der Waals surface area (Å²) in [6.45, 7) is 6.61. The van der Waals surface area contributed by atoms with Crippen LogP contribution in [-0.4, -0.2) is 12.9 Å². The smallest absolute Gasteiger partial charge is 0.198 e. The Morgan fingerprint density at radius 1 is 1.40 bits per heavy atom. The molecular weight excluding hydrogens is 128 g/mol. The Hall–Kier alpha value is -0.500. The molecule has 2 nitrogen and oxygen atoms in total. The maximum atomic E-state index is 5.22. The van der Waals surface area contributed by atoms with Gasteiger partial charge in [0.15, 0.2) is 6.29 Å². The van der Waals surface area contributed by atoms with E-state index >= 15 is 0 Å². The average molecular weight is 144 g/mol. The van der Waals surface area contributed by atoms with E-state index in [1.54, 1.807) is 6.26 Å². The molecule has 0 aliphatic rings. The molecule has 0 aromatic carbocycles. The Balaban J connectivity index is 3.39. The second-order valence-corrected chi connectivity index (χ2v) is 1.90. The minimum atomic E-state index is -0.0683. The first kappa shape index (κ1) is 9.50. The van der Waals surface area contributed by atoms with Crippen molar-refractivity contribution >= 4 is 0 Å². The molecule has 2 heteroatoms. The standard InChI is InChI=1S/C8H16O2/c1-4-7-10-8(5-2)9-6-3/h4,7-8H,5-6H2,1-3H3/b7-4+. The number of ether oxygens (including phenoxy) is 2. The second-order valence-electron chi connectivity index (χ2n) is 1.90. The fraction of sp³-hybridized carbons (Fsp3) is 0.750. The first-order chi connectivity index (χ1) is 4.85. The molecule has 0 saturated heterocycles. The molecule has 0 rings (SSSR count). The second kappa shape index (κ2) is 6.62. The van der Waals surface area contributed by atoms with Crippen LogP contribution in [0.15, 0.2) is 12.3 Å². The molecule has 0 heterocycles. The largest absolute Gasteiger partial charge is 0.473 e. The molecule has 60 valence electrons. The molecule has 0 saturated carbocycles. The van der Waals surface area contributed by atoms with E-state index in [4.69, 9.17) is 9.47 Å². The van der Waals surface area contributed by atoms with Gasteiger partial charge in [-0.1, -0.05) is 13.0 Å². The van der Waals surface area contributed by atoms with E-state index < -0.39 is 0 Å². The first-order valence-corrected chi connectivity index (χ1v) is 3.73. The van der Waals surface area contributed by atoms with Gasteiger partial charge < -0.3 is 9.47 Å². The minimum Gasteiger partial charge on any atom is -0.473 e. The lowest BCUT2D eigenvalue weighted by Gasteiger charge is -2.13. The molecule has 1 unspecified atom stereocenters. The van der Waals surface area contributed by atoms with Crippen LogP contribution in [0.1, 0.15) is 27.2 Å². The highest BCUT2D eigenvalue weighted by molar-refractivity contribution is 4.65.